The predicted molar refractivity (Wildman–Crippen MR) is 116 cm³/mol. The van der Waals surface area contributed by atoms with Gasteiger partial charge in [-0.1, -0.05) is 46.5 Å². The monoisotopic (exact) mass is 390 g/mol. The third-order valence-electron chi connectivity index (χ3n) is 10.5. The molecule has 0 bridgehead atoms. The van der Waals surface area contributed by atoms with Crippen LogP contribution in [-0.2, 0) is 0 Å². The zero-order chi connectivity index (χ0) is 19.9. The standard InChI is InChI=1S/C26H46O2/c1-4-5-6-7-8-24(28)23-12-11-21-20-10-9-18-17-19(27)13-15-25(18,2)22(20)14-16-26(21,23)3/h18-24,27-28H,4-17H2,1-3H3/t18?,19?,20?,21?,22?,23-,24?,25?,26?/m1/s1. The van der Waals surface area contributed by atoms with Crippen LogP contribution in [0.15, 0.2) is 0 Å². The Labute approximate surface area is 173 Å². The molecule has 0 aromatic carbocycles. The highest BCUT2D eigenvalue weighted by Crippen LogP contribution is 2.67. The summed E-state index contributed by atoms with van der Waals surface area (Å²) in [6, 6.07) is 0. The van der Waals surface area contributed by atoms with Gasteiger partial charge in [-0.25, -0.2) is 0 Å². The van der Waals surface area contributed by atoms with Crippen LogP contribution >= 0.6 is 0 Å². The average Bonchev–Trinajstić information content (AvgIpc) is 3.03. The SMILES string of the molecule is CCCCCCC(O)[C@H]1CCC2C3CCC4CC(O)CCC4(C)C3CCC21C. The van der Waals surface area contributed by atoms with Gasteiger partial charge in [-0.05, 0) is 105 Å². The fraction of sp³-hybridized carbons (Fsp3) is 1.00. The molecule has 0 spiro atoms. The van der Waals surface area contributed by atoms with Gasteiger partial charge in [0.25, 0.3) is 0 Å². The van der Waals surface area contributed by atoms with Crippen molar-refractivity contribution in [2.45, 2.75) is 123 Å². The topological polar surface area (TPSA) is 40.5 Å². The fourth-order valence-electron chi connectivity index (χ4n) is 8.89. The van der Waals surface area contributed by atoms with E-state index < -0.39 is 0 Å². The second-order valence-corrected chi connectivity index (χ2v) is 11.7. The Balaban J connectivity index is 1.45. The molecular formula is C26H46O2. The normalized spacial score (nSPS) is 49.2. The minimum Gasteiger partial charge on any atom is -0.393 e. The molecule has 2 heteroatoms. The maximum Gasteiger partial charge on any atom is 0.0573 e. The third-order valence-corrected chi connectivity index (χ3v) is 10.5. The first-order valence-electron chi connectivity index (χ1n) is 12.8. The first kappa shape index (κ1) is 21.2. The summed E-state index contributed by atoms with van der Waals surface area (Å²) in [5.41, 5.74) is 0.850. The quantitative estimate of drug-likeness (QED) is 0.520. The van der Waals surface area contributed by atoms with E-state index in [1.54, 1.807) is 0 Å². The first-order valence-corrected chi connectivity index (χ1v) is 12.8. The summed E-state index contributed by atoms with van der Waals surface area (Å²) in [5.74, 6) is 3.89. The maximum atomic E-state index is 11.1. The van der Waals surface area contributed by atoms with Gasteiger partial charge in [-0.3, -0.25) is 0 Å². The van der Waals surface area contributed by atoms with Crippen LogP contribution < -0.4 is 0 Å². The minimum absolute atomic E-state index is 0.0396. The number of hydrogen-bond acceptors (Lipinski definition) is 2. The summed E-state index contributed by atoms with van der Waals surface area (Å²) in [5, 5.41) is 21.3. The van der Waals surface area contributed by atoms with Crippen molar-refractivity contribution in [2.75, 3.05) is 0 Å². The van der Waals surface area contributed by atoms with Crippen LogP contribution in [0.25, 0.3) is 0 Å². The highest BCUT2D eigenvalue weighted by atomic mass is 16.3. The van der Waals surface area contributed by atoms with E-state index in [2.05, 4.69) is 20.8 Å². The number of rotatable bonds is 6. The van der Waals surface area contributed by atoms with E-state index >= 15 is 0 Å². The summed E-state index contributed by atoms with van der Waals surface area (Å²) < 4.78 is 0. The number of hydrogen-bond donors (Lipinski definition) is 2. The lowest BCUT2D eigenvalue weighted by atomic mass is 9.44. The highest BCUT2D eigenvalue weighted by molar-refractivity contribution is 5.10. The van der Waals surface area contributed by atoms with Crippen LogP contribution in [0.2, 0.25) is 0 Å². The van der Waals surface area contributed by atoms with Crippen molar-refractivity contribution < 1.29 is 10.2 Å². The van der Waals surface area contributed by atoms with Gasteiger partial charge >= 0.3 is 0 Å². The van der Waals surface area contributed by atoms with Crippen molar-refractivity contribution in [3.05, 3.63) is 0 Å². The molecule has 9 atom stereocenters. The lowest BCUT2D eigenvalue weighted by molar-refractivity contribution is -0.133. The van der Waals surface area contributed by atoms with Crippen molar-refractivity contribution in [1.82, 2.24) is 0 Å². The molecular weight excluding hydrogens is 344 g/mol. The summed E-state index contributed by atoms with van der Waals surface area (Å²) in [6.07, 6.45) is 17.4. The summed E-state index contributed by atoms with van der Waals surface area (Å²) in [6.45, 7) is 7.40. The Kier molecular flexibility index (Phi) is 6.21. The Morgan fingerprint density at radius 1 is 0.857 bits per heavy atom. The Morgan fingerprint density at radius 3 is 2.39 bits per heavy atom. The molecule has 4 fully saturated rings. The van der Waals surface area contributed by atoms with Crippen LogP contribution in [0.4, 0.5) is 0 Å². The fourth-order valence-corrected chi connectivity index (χ4v) is 8.89. The molecule has 4 aliphatic carbocycles. The number of aliphatic hydroxyl groups is 2. The van der Waals surface area contributed by atoms with Crippen LogP contribution in [0.1, 0.15) is 111 Å². The van der Waals surface area contributed by atoms with Gasteiger partial charge in [-0.15, -0.1) is 0 Å². The lowest BCUT2D eigenvalue weighted by Gasteiger charge is -2.61. The second-order valence-electron chi connectivity index (χ2n) is 11.7. The first-order chi connectivity index (χ1) is 13.4. The van der Waals surface area contributed by atoms with Crippen LogP contribution in [-0.4, -0.2) is 22.4 Å². The van der Waals surface area contributed by atoms with Gasteiger partial charge in [0.05, 0.1) is 12.2 Å². The number of unbranched alkanes of at least 4 members (excludes halogenated alkanes) is 3. The van der Waals surface area contributed by atoms with Gasteiger partial charge in [-0.2, -0.15) is 0 Å². The van der Waals surface area contributed by atoms with Crippen LogP contribution in [0, 0.1) is 40.4 Å². The Bertz CT molecular complexity index is 533. The zero-order valence-electron chi connectivity index (χ0n) is 18.8. The molecule has 0 aromatic heterocycles. The molecule has 0 radical (unpaired) electrons. The minimum atomic E-state index is -0.0693. The molecule has 28 heavy (non-hydrogen) atoms. The van der Waals surface area contributed by atoms with E-state index in [9.17, 15) is 10.2 Å². The van der Waals surface area contributed by atoms with Crippen molar-refractivity contribution in [3.63, 3.8) is 0 Å². The molecule has 4 aliphatic rings. The molecule has 0 amide bonds. The van der Waals surface area contributed by atoms with E-state index in [4.69, 9.17) is 0 Å². The van der Waals surface area contributed by atoms with Crippen molar-refractivity contribution in [3.8, 4) is 0 Å². The molecule has 0 aliphatic heterocycles. The van der Waals surface area contributed by atoms with E-state index in [1.807, 2.05) is 0 Å². The molecule has 162 valence electrons. The molecule has 0 saturated heterocycles. The summed E-state index contributed by atoms with van der Waals surface area (Å²) in [4.78, 5) is 0. The smallest absolute Gasteiger partial charge is 0.0573 e. The molecule has 8 unspecified atom stereocenters. The van der Waals surface area contributed by atoms with Gasteiger partial charge in [0.15, 0.2) is 0 Å². The maximum absolute atomic E-state index is 11.1. The molecule has 0 aromatic rings. The van der Waals surface area contributed by atoms with Crippen molar-refractivity contribution in [2.24, 2.45) is 40.4 Å². The van der Waals surface area contributed by atoms with E-state index in [0.717, 1.165) is 42.9 Å². The molecule has 4 rings (SSSR count). The van der Waals surface area contributed by atoms with Crippen molar-refractivity contribution >= 4 is 0 Å². The van der Waals surface area contributed by atoms with E-state index in [0.29, 0.717) is 16.7 Å². The predicted octanol–water partition coefficient (Wildman–Crippen LogP) is 6.34. The van der Waals surface area contributed by atoms with Crippen LogP contribution in [0.3, 0.4) is 0 Å². The van der Waals surface area contributed by atoms with E-state index in [-0.39, 0.29) is 12.2 Å². The molecule has 0 heterocycles. The van der Waals surface area contributed by atoms with Gasteiger partial charge < -0.3 is 10.2 Å². The molecule has 2 N–H and O–H groups in total. The highest BCUT2D eigenvalue weighted by Gasteiger charge is 2.60. The number of aliphatic hydroxyl groups excluding tert-OH is 2. The summed E-state index contributed by atoms with van der Waals surface area (Å²) in [7, 11) is 0. The van der Waals surface area contributed by atoms with Crippen LogP contribution in [0.5, 0.6) is 0 Å². The second kappa shape index (κ2) is 8.22. The summed E-state index contributed by atoms with van der Waals surface area (Å²) >= 11 is 0. The van der Waals surface area contributed by atoms with Gasteiger partial charge in [0, 0.05) is 0 Å². The largest absolute Gasteiger partial charge is 0.393 e. The van der Waals surface area contributed by atoms with Crippen molar-refractivity contribution in [1.29, 1.82) is 0 Å². The Morgan fingerprint density at radius 2 is 1.61 bits per heavy atom. The van der Waals surface area contributed by atoms with Gasteiger partial charge in [0.2, 0.25) is 0 Å². The average molecular weight is 391 g/mol. The molecule has 4 saturated carbocycles. The number of fused-ring (bicyclic) bond motifs is 5. The van der Waals surface area contributed by atoms with E-state index in [1.165, 1.54) is 70.6 Å². The third kappa shape index (κ3) is 3.49. The molecule has 2 nitrogen and oxygen atoms in total. The Hall–Kier alpha value is -0.0800. The zero-order valence-corrected chi connectivity index (χ0v) is 18.8. The van der Waals surface area contributed by atoms with Gasteiger partial charge in [0.1, 0.15) is 0 Å². The lowest BCUT2D eigenvalue weighted by Crippen LogP contribution is -2.54.